The normalized spacial score (nSPS) is 8.40. The molecule has 0 rings (SSSR count). The molecule has 0 aromatic rings. The minimum Gasteiger partial charge on any atom is -0.450 e. The highest BCUT2D eigenvalue weighted by atomic mass is 16.6. The van der Waals surface area contributed by atoms with Crippen LogP contribution in [0.4, 0.5) is 4.79 Å². The van der Waals surface area contributed by atoms with Crippen molar-refractivity contribution in [2.24, 2.45) is 5.73 Å². The maximum Gasteiger partial charge on any atom is 0.503 e. The summed E-state index contributed by atoms with van der Waals surface area (Å²) in [5, 5.41) is 13.9. The summed E-state index contributed by atoms with van der Waals surface area (Å²) >= 11 is 0. The summed E-state index contributed by atoms with van der Waals surface area (Å²) in [6.07, 6.45) is -1.83. The van der Waals surface area contributed by atoms with Gasteiger partial charge in [0.25, 0.3) is 0 Å². The molecule has 0 heterocycles. The van der Waals surface area contributed by atoms with E-state index >= 15 is 0 Å². The van der Waals surface area contributed by atoms with Crippen LogP contribution in [0.3, 0.4) is 0 Å². The van der Waals surface area contributed by atoms with Gasteiger partial charge in [-0.1, -0.05) is 0 Å². The average Bonchev–Trinajstić information content (AvgIpc) is 1.62. The summed E-state index contributed by atoms with van der Waals surface area (Å²) in [5.74, 6) is 0. The Morgan fingerprint density at radius 1 is 1.50 bits per heavy atom. The van der Waals surface area contributed by atoms with E-state index in [1.807, 2.05) is 14.1 Å². The number of likely N-dealkylation sites (N-methyl/N-ethyl adjacent to an activating group) is 1. The Morgan fingerprint density at radius 3 is 1.80 bits per heavy atom. The van der Waals surface area contributed by atoms with E-state index in [1.165, 1.54) is 0 Å². The first-order chi connectivity index (χ1) is 4.50. The summed E-state index contributed by atoms with van der Waals surface area (Å²) in [7, 11) is 4.01. The Labute approximate surface area is 60.1 Å². The summed E-state index contributed by atoms with van der Waals surface area (Å²) in [5.41, 5.74) is 5.19. The average molecular weight is 150 g/mol. The summed E-state index contributed by atoms with van der Waals surface area (Å²) in [4.78, 5) is 10.6. The lowest BCUT2D eigenvalue weighted by Gasteiger charge is -2.03. The first kappa shape index (κ1) is 11.9. The molecule has 0 aliphatic rings. The standard InChI is InChI=1S/C4H12N2.CH2O3/c1-6(2)4-3-5;2-1(3)4/h3-5H2,1-2H3;(H2,2,3,4). The molecular weight excluding hydrogens is 136 g/mol. The number of rotatable bonds is 2. The van der Waals surface area contributed by atoms with Gasteiger partial charge in [0.2, 0.25) is 0 Å². The summed E-state index contributed by atoms with van der Waals surface area (Å²) in [6.45, 7) is 1.74. The topological polar surface area (TPSA) is 86.8 Å². The van der Waals surface area contributed by atoms with Gasteiger partial charge < -0.3 is 20.8 Å². The fourth-order valence-corrected chi connectivity index (χ4v) is 0.258. The van der Waals surface area contributed by atoms with Crippen LogP contribution in [0.15, 0.2) is 0 Å². The number of carboxylic acid groups (broad SMARTS) is 2. The molecule has 4 N–H and O–H groups in total. The highest BCUT2D eigenvalue weighted by Gasteiger charge is 1.79. The van der Waals surface area contributed by atoms with Crippen molar-refractivity contribution in [3.63, 3.8) is 0 Å². The Kier molecular flexibility index (Phi) is 9.77. The van der Waals surface area contributed by atoms with Crippen molar-refractivity contribution in [3.8, 4) is 0 Å². The van der Waals surface area contributed by atoms with Crippen LogP contribution in [0.2, 0.25) is 0 Å². The number of carbonyl (C=O) groups is 1. The molecule has 10 heavy (non-hydrogen) atoms. The number of nitrogens with zero attached hydrogens (tertiary/aromatic N) is 1. The first-order valence-corrected chi connectivity index (χ1v) is 2.77. The third-order valence-corrected chi connectivity index (χ3v) is 0.576. The zero-order valence-corrected chi connectivity index (χ0v) is 6.24. The molecule has 5 nitrogen and oxygen atoms in total. The molecule has 0 saturated carbocycles. The van der Waals surface area contributed by atoms with Gasteiger partial charge in [-0.15, -0.1) is 0 Å². The van der Waals surface area contributed by atoms with Crippen LogP contribution in [0.1, 0.15) is 0 Å². The van der Waals surface area contributed by atoms with Crippen molar-refractivity contribution >= 4 is 6.16 Å². The molecule has 0 aliphatic carbocycles. The lowest BCUT2D eigenvalue weighted by molar-refractivity contribution is 0.137. The largest absolute Gasteiger partial charge is 0.503 e. The van der Waals surface area contributed by atoms with Gasteiger partial charge in [0.05, 0.1) is 0 Å². The van der Waals surface area contributed by atoms with Crippen molar-refractivity contribution in [3.05, 3.63) is 0 Å². The molecule has 0 aliphatic heterocycles. The SMILES string of the molecule is CN(C)CCN.O=C(O)O. The van der Waals surface area contributed by atoms with Gasteiger partial charge in [-0.3, -0.25) is 0 Å². The monoisotopic (exact) mass is 150 g/mol. The predicted octanol–water partition coefficient (Wildman–Crippen LogP) is -0.271. The maximum atomic E-state index is 8.56. The summed E-state index contributed by atoms with van der Waals surface area (Å²) < 4.78 is 0. The minimum absolute atomic E-state index is 0.757. The lowest BCUT2D eigenvalue weighted by Crippen LogP contribution is -2.20. The molecule has 62 valence electrons. The third-order valence-electron chi connectivity index (χ3n) is 0.576. The van der Waals surface area contributed by atoms with Gasteiger partial charge >= 0.3 is 6.16 Å². The van der Waals surface area contributed by atoms with Crippen LogP contribution in [-0.2, 0) is 0 Å². The van der Waals surface area contributed by atoms with Crippen molar-refractivity contribution in [1.82, 2.24) is 4.90 Å². The van der Waals surface area contributed by atoms with E-state index in [1.54, 1.807) is 0 Å². The second kappa shape index (κ2) is 8.19. The second-order valence-electron chi connectivity index (χ2n) is 1.87. The Morgan fingerprint density at radius 2 is 1.80 bits per heavy atom. The zero-order chi connectivity index (χ0) is 8.57. The van der Waals surface area contributed by atoms with Crippen LogP contribution >= 0.6 is 0 Å². The van der Waals surface area contributed by atoms with Gasteiger partial charge in [0, 0.05) is 13.1 Å². The third kappa shape index (κ3) is 57.4. The van der Waals surface area contributed by atoms with Crippen molar-refractivity contribution in [2.45, 2.75) is 0 Å². The van der Waals surface area contributed by atoms with Crippen molar-refractivity contribution in [1.29, 1.82) is 0 Å². The summed E-state index contributed by atoms with van der Waals surface area (Å²) in [6, 6.07) is 0. The van der Waals surface area contributed by atoms with E-state index in [0.717, 1.165) is 13.1 Å². The molecule has 0 fully saturated rings. The van der Waals surface area contributed by atoms with E-state index < -0.39 is 6.16 Å². The van der Waals surface area contributed by atoms with E-state index in [9.17, 15) is 0 Å². The molecular formula is C5H14N2O3. The Bertz CT molecular complexity index is 81.0. The molecule has 0 aromatic heterocycles. The second-order valence-corrected chi connectivity index (χ2v) is 1.87. The molecule has 0 bridgehead atoms. The van der Waals surface area contributed by atoms with Crippen LogP contribution in [0, 0.1) is 0 Å². The molecule has 0 unspecified atom stereocenters. The van der Waals surface area contributed by atoms with E-state index in [2.05, 4.69) is 4.90 Å². The first-order valence-electron chi connectivity index (χ1n) is 2.77. The van der Waals surface area contributed by atoms with Crippen LogP contribution in [0.5, 0.6) is 0 Å². The molecule has 5 heteroatoms. The van der Waals surface area contributed by atoms with Gasteiger partial charge in [-0.2, -0.15) is 0 Å². The number of nitrogens with two attached hydrogens (primary N) is 1. The number of hydrogen-bond acceptors (Lipinski definition) is 3. The fourth-order valence-electron chi connectivity index (χ4n) is 0.258. The van der Waals surface area contributed by atoms with Gasteiger partial charge in [0.15, 0.2) is 0 Å². The highest BCUT2D eigenvalue weighted by Crippen LogP contribution is 1.64. The fraction of sp³-hybridized carbons (Fsp3) is 0.800. The number of hydrogen-bond donors (Lipinski definition) is 3. The van der Waals surface area contributed by atoms with E-state index in [-0.39, 0.29) is 0 Å². The quantitative estimate of drug-likeness (QED) is 0.504. The molecule has 0 saturated heterocycles. The predicted molar refractivity (Wildman–Crippen MR) is 38.3 cm³/mol. The molecule has 0 amide bonds. The van der Waals surface area contributed by atoms with Crippen LogP contribution in [-0.4, -0.2) is 48.5 Å². The Balaban J connectivity index is 0. The van der Waals surface area contributed by atoms with Gasteiger partial charge in [-0.25, -0.2) is 4.79 Å². The lowest BCUT2D eigenvalue weighted by atomic mass is 10.6. The molecule has 0 atom stereocenters. The van der Waals surface area contributed by atoms with E-state index in [4.69, 9.17) is 20.7 Å². The smallest absolute Gasteiger partial charge is 0.450 e. The van der Waals surface area contributed by atoms with Gasteiger partial charge in [-0.05, 0) is 14.1 Å². The van der Waals surface area contributed by atoms with Crippen LogP contribution in [0.25, 0.3) is 0 Å². The molecule has 0 aromatic carbocycles. The molecule has 0 spiro atoms. The minimum atomic E-state index is -1.83. The van der Waals surface area contributed by atoms with Crippen molar-refractivity contribution in [2.75, 3.05) is 27.2 Å². The van der Waals surface area contributed by atoms with Crippen LogP contribution < -0.4 is 5.73 Å². The molecule has 0 radical (unpaired) electrons. The van der Waals surface area contributed by atoms with Gasteiger partial charge in [0.1, 0.15) is 0 Å². The zero-order valence-electron chi connectivity index (χ0n) is 6.24. The highest BCUT2D eigenvalue weighted by molar-refractivity contribution is 5.53. The Hall–Kier alpha value is -0.810. The van der Waals surface area contributed by atoms with Crippen molar-refractivity contribution < 1.29 is 15.0 Å². The maximum absolute atomic E-state index is 8.56. The van der Waals surface area contributed by atoms with E-state index in [0.29, 0.717) is 0 Å².